The molecule has 0 spiro atoms. The second-order valence-electron chi connectivity index (χ2n) is 7.11. The first-order valence-corrected chi connectivity index (χ1v) is 13.5. The first kappa shape index (κ1) is 30.6. The van der Waals surface area contributed by atoms with E-state index in [1.165, 1.54) is 0 Å². The van der Waals surface area contributed by atoms with Crippen LogP contribution >= 0.6 is 25.5 Å². The number of hydrogen-bond donors (Lipinski definition) is 7. The van der Waals surface area contributed by atoms with Gasteiger partial charge in [-0.15, -0.1) is 0 Å². The van der Waals surface area contributed by atoms with Crippen LogP contribution in [-0.2, 0) is 18.1 Å². The molecule has 2 atom stereocenters. The molecule has 1 aliphatic heterocycles. The first-order valence-electron chi connectivity index (χ1n) is 9.94. The van der Waals surface area contributed by atoms with Crippen molar-refractivity contribution in [1.82, 2.24) is 19.6 Å². The van der Waals surface area contributed by atoms with E-state index < -0.39 is 31.6 Å². The zero-order chi connectivity index (χ0) is 23.9. The molecule has 1 saturated heterocycles. The number of hydrogen-bond acceptors (Lipinski definition) is 14. The Kier molecular flexibility index (Phi) is 17.1. The average Bonchev–Trinajstić information content (AvgIpc) is 2.73. The van der Waals surface area contributed by atoms with Crippen molar-refractivity contribution in [1.29, 1.82) is 0 Å². The van der Waals surface area contributed by atoms with Gasteiger partial charge in [-0.2, -0.15) is 0 Å². The summed E-state index contributed by atoms with van der Waals surface area (Å²) in [5.41, 5.74) is 5.54. The van der Waals surface area contributed by atoms with E-state index >= 15 is 0 Å². The van der Waals surface area contributed by atoms with E-state index in [1.807, 2.05) is 19.6 Å². The van der Waals surface area contributed by atoms with E-state index in [9.17, 15) is 9.67 Å². The number of aliphatic hydroxyl groups excluding tert-OH is 1. The molecule has 8 N–H and O–H groups in total. The Hall–Kier alpha value is 0.530. The Morgan fingerprint density at radius 1 is 0.781 bits per heavy atom. The highest BCUT2D eigenvalue weighted by atomic mass is 31.2. The molecular formula is C14H36N5O10P3. The van der Waals surface area contributed by atoms with Crippen molar-refractivity contribution >= 4 is 25.5 Å². The molecule has 15 nitrogen and oxygen atoms in total. The molecule has 0 aromatic heterocycles. The molecule has 0 saturated carbocycles. The lowest BCUT2D eigenvalue weighted by Crippen LogP contribution is -2.48. The Balaban J connectivity index is 2.88. The second kappa shape index (κ2) is 17.9. The molecule has 1 rings (SSSR count). The van der Waals surface area contributed by atoms with E-state index in [0.29, 0.717) is 58.9 Å². The van der Waals surface area contributed by atoms with E-state index in [-0.39, 0.29) is 26.7 Å². The minimum absolute atomic E-state index is 0.0157. The van der Waals surface area contributed by atoms with E-state index in [2.05, 4.69) is 0 Å². The molecule has 0 radical (unpaired) electrons. The zero-order valence-electron chi connectivity index (χ0n) is 17.8. The lowest BCUT2D eigenvalue weighted by atomic mass is 10.3. The summed E-state index contributed by atoms with van der Waals surface area (Å²) in [6.45, 7) is 4.10. The number of nitrogens with two attached hydrogens (primary N) is 1. The summed E-state index contributed by atoms with van der Waals surface area (Å²) < 4.78 is 25.8. The third kappa shape index (κ3) is 15.4. The molecule has 1 aliphatic rings. The van der Waals surface area contributed by atoms with Crippen molar-refractivity contribution in [3.8, 4) is 0 Å². The van der Waals surface area contributed by atoms with Crippen LogP contribution in [0.1, 0.15) is 0 Å². The SMILES string of the molecule is NCC(O)CN1CCN(COP(O)O)CCN(COP(O)O)CCN(CO[PH](=O)O)CC1. The van der Waals surface area contributed by atoms with Crippen molar-refractivity contribution in [3.05, 3.63) is 0 Å². The normalized spacial score (nSPS) is 21.5. The zero-order valence-corrected chi connectivity index (χ0v) is 20.6. The van der Waals surface area contributed by atoms with Gasteiger partial charge in [-0.1, -0.05) is 0 Å². The van der Waals surface area contributed by atoms with Gasteiger partial charge >= 0.3 is 25.5 Å². The summed E-state index contributed by atoms with van der Waals surface area (Å²) >= 11 is 0. The molecule has 0 aromatic carbocycles. The van der Waals surface area contributed by atoms with Gasteiger partial charge in [0, 0.05) is 65.4 Å². The van der Waals surface area contributed by atoms with Crippen molar-refractivity contribution in [3.63, 3.8) is 0 Å². The van der Waals surface area contributed by atoms with Crippen LogP contribution in [0.15, 0.2) is 0 Å². The smallest absolute Gasteiger partial charge is 0.328 e. The van der Waals surface area contributed by atoms with Crippen LogP contribution in [0.5, 0.6) is 0 Å². The topological polar surface area (TPSA) is 205 Å². The number of rotatable bonds is 12. The predicted octanol–water partition coefficient (Wildman–Crippen LogP) is -2.75. The molecule has 18 heteroatoms. The molecule has 2 unspecified atom stereocenters. The third-order valence-electron chi connectivity index (χ3n) is 4.75. The maximum Gasteiger partial charge on any atom is 0.328 e. The highest BCUT2D eigenvalue weighted by Crippen LogP contribution is 2.25. The van der Waals surface area contributed by atoms with Gasteiger partial charge in [-0.05, 0) is 0 Å². The van der Waals surface area contributed by atoms with Gasteiger partial charge in [0.2, 0.25) is 0 Å². The molecule has 192 valence electrons. The van der Waals surface area contributed by atoms with Crippen LogP contribution in [-0.4, -0.2) is 141 Å². The van der Waals surface area contributed by atoms with Gasteiger partial charge in [0.1, 0.15) is 20.2 Å². The largest absolute Gasteiger partial charge is 0.390 e. The maximum atomic E-state index is 11.0. The van der Waals surface area contributed by atoms with Crippen LogP contribution in [0.25, 0.3) is 0 Å². The minimum atomic E-state index is -3.10. The van der Waals surface area contributed by atoms with Gasteiger partial charge in [-0.3, -0.25) is 37.7 Å². The van der Waals surface area contributed by atoms with E-state index in [1.54, 1.807) is 0 Å². The fourth-order valence-electron chi connectivity index (χ4n) is 2.93. The molecule has 0 aliphatic carbocycles. The lowest BCUT2D eigenvalue weighted by molar-refractivity contribution is 0.0339. The van der Waals surface area contributed by atoms with Crippen molar-refractivity contribution in [2.45, 2.75) is 6.10 Å². The fourth-order valence-corrected chi connectivity index (χ4v) is 3.76. The van der Waals surface area contributed by atoms with Crippen LogP contribution in [0, 0.1) is 0 Å². The van der Waals surface area contributed by atoms with Gasteiger partial charge < -0.3 is 35.3 Å². The minimum Gasteiger partial charge on any atom is -0.390 e. The van der Waals surface area contributed by atoms with Crippen LogP contribution in [0.3, 0.4) is 0 Å². The second-order valence-corrected chi connectivity index (χ2v) is 9.45. The highest BCUT2D eigenvalue weighted by molar-refractivity contribution is 7.39. The highest BCUT2D eigenvalue weighted by Gasteiger charge is 2.19. The maximum absolute atomic E-state index is 11.0. The van der Waals surface area contributed by atoms with Crippen LogP contribution in [0.4, 0.5) is 0 Å². The fraction of sp³-hybridized carbons (Fsp3) is 1.00. The quantitative estimate of drug-likeness (QED) is 0.129. The van der Waals surface area contributed by atoms with Crippen molar-refractivity contribution in [2.24, 2.45) is 5.73 Å². The number of nitrogens with zero attached hydrogens (tertiary/aromatic N) is 4. The molecular weight excluding hydrogens is 491 g/mol. The summed E-state index contributed by atoms with van der Waals surface area (Å²) in [5.74, 6) is 0. The number of aliphatic hydroxyl groups is 1. The molecule has 0 bridgehead atoms. The van der Waals surface area contributed by atoms with E-state index in [4.69, 9.17) is 43.8 Å². The monoisotopic (exact) mass is 527 g/mol. The van der Waals surface area contributed by atoms with Gasteiger partial charge in [0.15, 0.2) is 0 Å². The van der Waals surface area contributed by atoms with Gasteiger partial charge in [0.05, 0.1) is 6.10 Å². The lowest BCUT2D eigenvalue weighted by Gasteiger charge is -2.34. The molecule has 1 heterocycles. The van der Waals surface area contributed by atoms with Gasteiger partial charge in [0.25, 0.3) is 0 Å². The summed E-state index contributed by atoms with van der Waals surface area (Å²) in [7, 11) is -8.13. The summed E-state index contributed by atoms with van der Waals surface area (Å²) in [6.07, 6.45) is -0.714. The molecule has 32 heavy (non-hydrogen) atoms. The van der Waals surface area contributed by atoms with Gasteiger partial charge in [-0.25, -0.2) is 0 Å². The molecule has 0 aromatic rings. The van der Waals surface area contributed by atoms with E-state index in [0.717, 1.165) is 0 Å². The Labute approximate surface area is 190 Å². The Morgan fingerprint density at radius 2 is 1.16 bits per heavy atom. The molecule has 0 amide bonds. The third-order valence-corrected chi connectivity index (χ3v) is 5.82. The summed E-state index contributed by atoms with van der Waals surface area (Å²) in [5, 5.41) is 9.98. The Bertz CT molecular complexity index is 516. The van der Waals surface area contributed by atoms with Crippen LogP contribution < -0.4 is 5.73 Å². The van der Waals surface area contributed by atoms with Crippen molar-refractivity contribution in [2.75, 3.05) is 85.6 Å². The molecule has 1 fully saturated rings. The number of β-amino-alcohol motifs (C(OH)–C–C–N with tert-alkyl or cyclic N) is 1. The summed E-state index contributed by atoms with van der Waals surface area (Å²) in [6, 6.07) is 0. The summed E-state index contributed by atoms with van der Waals surface area (Å²) in [4.78, 5) is 52.8. The predicted molar refractivity (Wildman–Crippen MR) is 118 cm³/mol. The van der Waals surface area contributed by atoms with Crippen LogP contribution in [0.2, 0.25) is 0 Å². The Morgan fingerprint density at radius 3 is 1.50 bits per heavy atom. The van der Waals surface area contributed by atoms with Crippen molar-refractivity contribution < 1.29 is 47.7 Å². The standard InChI is InChI=1S/C14H36N5O10P3/c15-9-14(20)10-16-1-3-17(11-27-30(21)22)5-7-19(13-29-32(25)26)8-6-18(4-2-16)12-28-31(23)24/h14,20-22,25-26,31H,1-13,15H2,(H,23,24). The average molecular weight is 527 g/mol. The first-order chi connectivity index (χ1) is 15.2.